The number of H-pyrrole nitrogens is 1. The number of nitrogens with zero attached hydrogens (tertiary/aromatic N) is 3. The number of rotatable bonds is 5. The third kappa shape index (κ3) is 4.50. The molecule has 1 aliphatic heterocycles. The van der Waals surface area contributed by atoms with E-state index in [1.165, 1.54) is 11.5 Å². The van der Waals surface area contributed by atoms with Crippen LogP contribution in [0.2, 0.25) is 5.02 Å². The lowest BCUT2D eigenvalue weighted by molar-refractivity contribution is -0.141. The maximum atomic E-state index is 13.3. The zero-order chi connectivity index (χ0) is 25.6. The van der Waals surface area contributed by atoms with Gasteiger partial charge in [0.25, 0.3) is 11.5 Å². The van der Waals surface area contributed by atoms with E-state index >= 15 is 0 Å². The van der Waals surface area contributed by atoms with Gasteiger partial charge in [-0.05, 0) is 66.0 Å². The van der Waals surface area contributed by atoms with E-state index in [9.17, 15) is 14.7 Å². The van der Waals surface area contributed by atoms with Gasteiger partial charge in [0.15, 0.2) is 6.10 Å². The Bertz CT molecular complexity index is 1530. The van der Waals surface area contributed by atoms with Gasteiger partial charge in [0.05, 0.1) is 23.2 Å². The van der Waals surface area contributed by atoms with E-state index < -0.39 is 12.0 Å². The van der Waals surface area contributed by atoms with Crippen LogP contribution >= 0.6 is 23.1 Å². The summed E-state index contributed by atoms with van der Waals surface area (Å²) >= 11 is 7.46. The normalized spacial score (nSPS) is 17.1. The number of aliphatic hydroxyl groups is 1. The highest BCUT2D eigenvalue weighted by Crippen LogP contribution is 2.52. The maximum Gasteiger partial charge on any atom is 0.256 e. The molecule has 1 saturated carbocycles. The van der Waals surface area contributed by atoms with Crippen molar-refractivity contribution in [3.8, 4) is 11.1 Å². The molecule has 1 amide bonds. The van der Waals surface area contributed by atoms with Crippen LogP contribution in [-0.2, 0) is 23.2 Å². The number of hydrogen-bond donors (Lipinski definition) is 2. The molecule has 2 aromatic carbocycles. The lowest BCUT2D eigenvalue weighted by Gasteiger charge is -2.24. The third-order valence-electron chi connectivity index (χ3n) is 7.39. The minimum Gasteiger partial charge on any atom is -0.378 e. The first kappa shape index (κ1) is 24.0. The molecule has 6 rings (SSSR count). The zero-order valence-corrected chi connectivity index (χ0v) is 21.6. The van der Waals surface area contributed by atoms with Crippen LogP contribution in [-0.4, -0.2) is 36.8 Å². The second kappa shape index (κ2) is 9.52. The van der Waals surface area contributed by atoms with Gasteiger partial charge < -0.3 is 15.0 Å². The molecule has 3 heterocycles. The largest absolute Gasteiger partial charge is 0.378 e. The predicted octanol–water partition coefficient (Wildman–Crippen LogP) is 4.64. The summed E-state index contributed by atoms with van der Waals surface area (Å²) in [5.74, 6) is 0.243. The second-order valence-corrected chi connectivity index (χ2v) is 10.8. The fourth-order valence-corrected chi connectivity index (χ4v) is 5.90. The van der Waals surface area contributed by atoms with Crippen LogP contribution in [0, 0.1) is 0 Å². The van der Waals surface area contributed by atoms with Gasteiger partial charge in [-0.25, -0.2) is 9.36 Å². The summed E-state index contributed by atoms with van der Waals surface area (Å²) in [5, 5.41) is 13.2. The summed E-state index contributed by atoms with van der Waals surface area (Å²) in [6.07, 6.45) is 3.60. The van der Waals surface area contributed by atoms with Crippen molar-refractivity contribution in [2.24, 2.45) is 0 Å². The Labute approximate surface area is 222 Å². The average Bonchev–Trinajstić information content (AvgIpc) is 3.60. The molecule has 0 spiro atoms. The molecule has 0 unspecified atom stereocenters. The highest BCUT2D eigenvalue weighted by atomic mass is 35.5. The average molecular weight is 533 g/mol. The molecule has 188 valence electrons. The van der Waals surface area contributed by atoms with Crippen molar-refractivity contribution in [3.63, 3.8) is 0 Å². The Morgan fingerprint density at radius 2 is 2.00 bits per heavy atom. The van der Waals surface area contributed by atoms with E-state index in [4.69, 9.17) is 16.6 Å². The molecule has 2 aliphatic rings. The van der Waals surface area contributed by atoms with Crippen molar-refractivity contribution in [1.82, 2.24) is 19.2 Å². The van der Waals surface area contributed by atoms with E-state index in [1.807, 2.05) is 17.6 Å². The van der Waals surface area contributed by atoms with Gasteiger partial charge in [0.2, 0.25) is 0 Å². The van der Waals surface area contributed by atoms with E-state index in [0.29, 0.717) is 41.4 Å². The Morgan fingerprint density at radius 3 is 2.76 bits per heavy atom. The number of hydrogen-bond acceptors (Lipinski definition) is 6. The summed E-state index contributed by atoms with van der Waals surface area (Å²) in [4.78, 5) is 36.0. The molecule has 0 bridgehead atoms. The van der Waals surface area contributed by atoms with Crippen LogP contribution in [0.4, 0.5) is 0 Å². The molecule has 2 N–H and O–H groups in total. The second-order valence-electron chi connectivity index (χ2n) is 9.74. The molecule has 2 aromatic heterocycles. The van der Waals surface area contributed by atoms with E-state index in [1.54, 1.807) is 29.2 Å². The van der Waals surface area contributed by atoms with Crippen molar-refractivity contribution in [3.05, 3.63) is 104 Å². The van der Waals surface area contributed by atoms with Crippen LogP contribution in [0.1, 0.15) is 53.6 Å². The van der Waals surface area contributed by atoms with Crippen molar-refractivity contribution >= 4 is 29.0 Å². The molecule has 7 nitrogen and oxygen atoms in total. The van der Waals surface area contributed by atoms with Gasteiger partial charge in [-0.15, -0.1) is 0 Å². The number of nitrogens with one attached hydrogen (secondary N) is 1. The summed E-state index contributed by atoms with van der Waals surface area (Å²) < 4.78 is 4.22. The van der Waals surface area contributed by atoms with Crippen LogP contribution in [0.3, 0.4) is 0 Å². The number of aryl methyl sites for hydroxylation is 1. The zero-order valence-electron chi connectivity index (χ0n) is 20.0. The monoisotopic (exact) mass is 532 g/mol. The highest BCUT2D eigenvalue weighted by molar-refractivity contribution is 7.03. The molecule has 1 aliphatic carbocycles. The highest BCUT2D eigenvalue weighted by Gasteiger charge is 2.49. The van der Waals surface area contributed by atoms with Crippen LogP contribution in [0.15, 0.2) is 64.9 Å². The number of aliphatic hydroxyl groups excluding tert-OH is 1. The standard InChI is InChI=1S/C28H25ClN4O3S/c29-21-7-2-5-18(13-21)24(34)26(36)33-11-3-8-23-22(15-33)25(35)32-27(31-23)28(9-10-28)20-6-1-4-17(12-20)19-14-30-37-16-19/h1-2,4-7,12-14,16,24,34H,3,8-11,15H2,(H,31,32,35)/t24-/m1/s1. The molecular formula is C28H25ClN4O3S. The minimum absolute atomic E-state index is 0.113. The van der Waals surface area contributed by atoms with Crippen molar-refractivity contribution in [2.45, 2.75) is 43.7 Å². The Kier molecular flexibility index (Phi) is 6.18. The quantitative estimate of drug-likeness (QED) is 0.390. The molecule has 37 heavy (non-hydrogen) atoms. The molecule has 0 radical (unpaired) electrons. The first-order chi connectivity index (χ1) is 17.9. The number of amides is 1. The number of benzene rings is 2. The molecule has 1 atom stereocenters. The molecule has 4 aromatic rings. The first-order valence-electron chi connectivity index (χ1n) is 12.3. The topological polar surface area (TPSA) is 99.2 Å². The first-order valence-corrected chi connectivity index (χ1v) is 13.5. The number of halogens is 1. The van der Waals surface area contributed by atoms with Gasteiger partial charge in [0.1, 0.15) is 5.82 Å². The van der Waals surface area contributed by atoms with Crippen LogP contribution in [0.25, 0.3) is 11.1 Å². The molecule has 0 saturated heterocycles. The summed E-state index contributed by atoms with van der Waals surface area (Å²) in [5.41, 5.74) is 4.43. The summed E-state index contributed by atoms with van der Waals surface area (Å²) in [7, 11) is 0. The van der Waals surface area contributed by atoms with Crippen molar-refractivity contribution in [1.29, 1.82) is 0 Å². The van der Waals surface area contributed by atoms with E-state index in [0.717, 1.165) is 35.2 Å². The van der Waals surface area contributed by atoms with Gasteiger partial charge in [0, 0.05) is 28.7 Å². The van der Waals surface area contributed by atoms with Crippen LogP contribution < -0.4 is 5.56 Å². The van der Waals surface area contributed by atoms with Gasteiger partial charge >= 0.3 is 0 Å². The SMILES string of the molecule is O=C([C@H](O)c1cccc(Cl)c1)N1CCCc2nc(C3(c4cccc(-c5cnsc5)c4)CC3)[nH]c(=O)c2C1. The van der Waals surface area contributed by atoms with Gasteiger partial charge in [-0.2, -0.15) is 0 Å². The van der Waals surface area contributed by atoms with Crippen LogP contribution in [0.5, 0.6) is 0 Å². The summed E-state index contributed by atoms with van der Waals surface area (Å²) in [6, 6.07) is 15.0. The van der Waals surface area contributed by atoms with E-state index in [-0.39, 0.29) is 17.5 Å². The minimum atomic E-state index is -1.34. The Balaban J connectivity index is 1.29. The number of carbonyl (C=O) groups excluding carboxylic acids is 1. The maximum absolute atomic E-state index is 13.3. The lowest BCUT2D eigenvalue weighted by atomic mass is 9.92. The smallest absolute Gasteiger partial charge is 0.256 e. The fourth-order valence-electron chi connectivity index (χ4n) is 5.16. The summed E-state index contributed by atoms with van der Waals surface area (Å²) in [6.45, 7) is 0.547. The number of fused-ring (bicyclic) bond motifs is 1. The van der Waals surface area contributed by atoms with Crippen molar-refractivity contribution in [2.75, 3.05) is 6.54 Å². The third-order valence-corrected chi connectivity index (χ3v) is 8.21. The fraction of sp³-hybridized carbons (Fsp3) is 0.286. The molecule has 1 fully saturated rings. The number of aromatic amines is 1. The Hall–Kier alpha value is -3.33. The van der Waals surface area contributed by atoms with E-state index in [2.05, 4.69) is 27.6 Å². The van der Waals surface area contributed by atoms with Crippen molar-refractivity contribution < 1.29 is 9.90 Å². The molecule has 9 heteroatoms. The number of aromatic nitrogens is 3. The van der Waals surface area contributed by atoms with Gasteiger partial charge in [-0.3, -0.25) is 9.59 Å². The lowest BCUT2D eigenvalue weighted by Crippen LogP contribution is -2.36. The number of carbonyl (C=O) groups is 1. The van der Waals surface area contributed by atoms with Gasteiger partial charge in [-0.1, -0.05) is 48.0 Å². The predicted molar refractivity (Wildman–Crippen MR) is 143 cm³/mol. The Morgan fingerprint density at radius 1 is 1.16 bits per heavy atom. The molecular weight excluding hydrogens is 508 g/mol.